The van der Waals surface area contributed by atoms with E-state index in [2.05, 4.69) is 10.3 Å². The zero-order valence-corrected chi connectivity index (χ0v) is 10.4. The number of hydrogen-bond acceptors (Lipinski definition) is 5. The van der Waals surface area contributed by atoms with E-state index in [0.717, 1.165) is 4.90 Å². The molecule has 0 saturated carbocycles. The topological polar surface area (TPSA) is 88.6 Å². The first-order valence-corrected chi connectivity index (χ1v) is 5.72. The predicted octanol–water partition coefficient (Wildman–Crippen LogP) is -0.560. The number of pyridine rings is 1. The van der Waals surface area contributed by atoms with E-state index in [1.165, 1.54) is 19.4 Å². The van der Waals surface area contributed by atoms with Gasteiger partial charge in [-0.1, -0.05) is 0 Å². The number of carbonyl (C=O) groups is 3. The minimum absolute atomic E-state index is 0.0946. The highest BCUT2D eigenvalue weighted by Crippen LogP contribution is 2.19. The third kappa shape index (κ3) is 2.60. The summed E-state index contributed by atoms with van der Waals surface area (Å²) in [5.41, 5.74) is 0.328. The largest absolute Gasteiger partial charge is 0.383 e. The Labute approximate surface area is 109 Å². The average molecular weight is 263 g/mol. The van der Waals surface area contributed by atoms with Crippen LogP contribution in [0, 0.1) is 0 Å². The lowest BCUT2D eigenvalue weighted by molar-refractivity contribution is -0.121. The van der Waals surface area contributed by atoms with Crippen molar-refractivity contribution in [2.24, 2.45) is 0 Å². The molecule has 0 aliphatic carbocycles. The molecule has 0 saturated heterocycles. The molecule has 2 heterocycles. The van der Waals surface area contributed by atoms with Crippen LogP contribution in [0.25, 0.3) is 0 Å². The zero-order chi connectivity index (χ0) is 13.8. The smallest absolute Gasteiger partial charge is 0.280 e. The van der Waals surface area contributed by atoms with Crippen molar-refractivity contribution in [1.82, 2.24) is 15.2 Å². The Bertz CT molecular complexity index is 494. The molecule has 0 aromatic carbocycles. The molecule has 7 nitrogen and oxygen atoms in total. The lowest BCUT2D eigenvalue weighted by Crippen LogP contribution is -2.41. The van der Waals surface area contributed by atoms with Crippen LogP contribution in [0.15, 0.2) is 18.3 Å². The maximum Gasteiger partial charge on any atom is 0.280 e. The third-order valence-electron chi connectivity index (χ3n) is 2.66. The standard InChI is InChI=1S/C12H13N3O4/c1-19-6-5-13-9(16)7-15-11(17)8-3-2-4-14-10(8)12(15)18/h2-4H,5-7H2,1H3,(H,13,16). The molecule has 0 bridgehead atoms. The molecule has 0 fully saturated rings. The van der Waals surface area contributed by atoms with Crippen LogP contribution in [0.5, 0.6) is 0 Å². The van der Waals surface area contributed by atoms with Crippen LogP contribution in [0.3, 0.4) is 0 Å². The van der Waals surface area contributed by atoms with E-state index in [0.29, 0.717) is 13.2 Å². The Hall–Kier alpha value is -2.28. The molecule has 100 valence electrons. The van der Waals surface area contributed by atoms with Crippen LogP contribution in [0.1, 0.15) is 20.8 Å². The third-order valence-corrected chi connectivity index (χ3v) is 2.66. The number of ether oxygens (including phenoxy) is 1. The number of aromatic nitrogens is 1. The van der Waals surface area contributed by atoms with Crippen LogP contribution >= 0.6 is 0 Å². The molecule has 0 spiro atoms. The highest BCUT2D eigenvalue weighted by Gasteiger charge is 2.37. The average Bonchev–Trinajstić information content (AvgIpc) is 2.65. The van der Waals surface area contributed by atoms with Crippen LogP contribution in [0.2, 0.25) is 0 Å². The van der Waals surface area contributed by atoms with Gasteiger partial charge in [0.15, 0.2) is 0 Å². The Morgan fingerprint density at radius 2 is 2.21 bits per heavy atom. The lowest BCUT2D eigenvalue weighted by atomic mass is 10.2. The summed E-state index contributed by atoms with van der Waals surface area (Å²) in [7, 11) is 1.52. The Morgan fingerprint density at radius 1 is 1.42 bits per heavy atom. The molecular weight excluding hydrogens is 250 g/mol. The lowest BCUT2D eigenvalue weighted by Gasteiger charge is -2.12. The molecule has 19 heavy (non-hydrogen) atoms. The molecule has 0 atom stereocenters. The van der Waals surface area contributed by atoms with Gasteiger partial charge in [-0.25, -0.2) is 0 Å². The van der Waals surface area contributed by atoms with Gasteiger partial charge in [0.05, 0.1) is 12.2 Å². The highest BCUT2D eigenvalue weighted by molar-refractivity contribution is 6.21. The Morgan fingerprint density at radius 3 is 2.89 bits per heavy atom. The summed E-state index contributed by atoms with van der Waals surface area (Å²) in [6, 6.07) is 3.09. The number of imide groups is 1. The molecule has 2 rings (SSSR count). The quantitative estimate of drug-likeness (QED) is 0.568. The van der Waals surface area contributed by atoms with Gasteiger partial charge in [-0.05, 0) is 12.1 Å². The van der Waals surface area contributed by atoms with Crippen LogP contribution in [-0.2, 0) is 9.53 Å². The van der Waals surface area contributed by atoms with E-state index in [4.69, 9.17) is 4.74 Å². The molecule has 1 aliphatic heterocycles. The van der Waals surface area contributed by atoms with Gasteiger partial charge in [-0.3, -0.25) is 24.3 Å². The number of hydrogen-bond donors (Lipinski definition) is 1. The second-order valence-electron chi connectivity index (χ2n) is 3.94. The SMILES string of the molecule is COCCNC(=O)CN1C(=O)c2cccnc2C1=O. The summed E-state index contributed by atoms with van der Waals surface area (Å²) in [6.07, 6.45) is 1.44. The van der Waals surface area contributed by atoms with Crippen LogP contribution in [0.4, 0.5) is 0 Å². The minimum Gasteiger partial charge on any atom is -0.383 e. The Kier molecular flexibility index (Phi) is 3.86. The summed E-state index contributed by atoms with van der Waals surface area (Å²) >= 11 is 0. The van der Waals surface area contributed by atoms with Gasteiger partial charge in [0.2, 0.25) is 5.91 Å². The fourth-order valence-corrected chi connectivity index (χ4v) is 1.75. The first kappa shape index (κ1) is 13.2. The highest BCUT2D eigenvalue weighted by atomic mass is 16.5. The summed E-state index contributed by atoms with van der Waals surface area (Å²) in [6.45, 7) is 0.393. The van der Waals surface area contributed by atoms with Crippen molar-refractivity contribution < 1.29 is 19.1 Å². The number of nitrogens with one attached hydrogen (secondary N) is 1. The number of rotatable bonds is 5. The first-order chi connectivity index (χ1) is 9.15. The molecule has 1 aromatic rings. The number of carbonyl (C=O) groups excluding carboxylic acids is 3. The van der Waals surface area contributed by atoms with Crippen molar-refractivity contribution in [2.75, 3.05) is 26.8 Å². The second-order valence-corrected chi connectivity index (χ2v) is 3.94. The summed E-state index contributed by atoms with van der Waals surface area (Å²) in [5, 5.41) is 2.55. The fourth-order valence-electron chi connectivity index (χ4n) is 1.75. The van der Waals surface area contributed by atoms with E-state index in [9.17, 15) is 14.4 Å². The minimum atomic E-state index is -0.539. The molecule has 7 heteroatoms. The molecule has 1 N–H and O–H groups in total. The number of fused-ring (bicyclic) bond motifs is 1. The van der Waals surface area contributed by atoms with Gasteiger partial charge in [0.25, 0.3) is 11.8 Å². The van der Waals surface area contributed by atoms with Crippen molar-refractivity contribution in [2.45, 2.75) is 0 Å². The van der Waals surface area contributed by atoms with E-state index in [-0.39, 0.29) is 17.8 Å². The van der Waals surface area contributed by atoms with Crippen molar-refractivity contribution in [1.29, 1.82) is 0 Å². The van der Waals surface area contributed by atoms with Gasteiger partial charge in [-0.15, -0.1) is 0 Å². The van der Waals surface area contributed by atoms with Gasteiger partial charge >= 0.3 is 0 Å². The normalized spacial score (nSPS) is 13.6. The van der Waals surface area contributed by atoms with Crippen LogP contribution in [-0.4, -0.2) is 54.4 Å². The number of nitrogens with zero attached hydrogens (tertiary/aromatic N) is 2. The van der Waals surface area contributed by atoms with Crippen molar-refractivity contribution in [3.05, 3.63) is 29.6 Å². The summed E-state index contributed by atoms with van der Waals surface area (Å²) in [5.74, 6) is -1.44. The maximum atomic E-state index is 11.9. The van der Waals surface area contributed by atoms with Crippen molar-refractivity contribution in [3.8, 4) is 0 Å². The first-order valence-electron chi connectivity index (χ1n) is 5.72. The molecular formula is C12H13N3O4. The second kappa shape index (κ2) is 5.57. The predicted molar refractivity (Wildman–Crippen MR) is 64.5 cm³/mol. The van der Waals surface area contributed by atoms with E-state index >= 15 is 0 Å². The molecule has 3 amide bonds. The molecule has 0 unspecified atom stereocenters. The van der Waals surface area contributed by atoms with Gasteiger partial charge in [0.1, 0.15) is 12.2 Å². The van der Waals surface area contributed by atoms with E-state index in [1.807, 2.05) is 0 Å². The van der Waals surface area contributed by atoms with Gasteiger partial charge in [-0.2, -0.15) is 0 Å². The van der Waals surface area contributed by atoms with E-state index in [1.54, 1.807) is 6.07 Å². The van der Waals surface area contributed by atoms with Crippen molar-refractivity contribution >= 4 is 17.7 Å². The zero-order valence-electron chi connectivity index (χ0n) is 10.4. The molecule has 1 aromatic heterocycles. The monoisotopic (exact) mass is 263 g/mol. The summed E-state index contributed by atoms with van der Waals surface area (Å²) in [4.78, 5) is 40.2. The van der Waals surface area contributed by atoms with Crippen LogP contribution < -0.4 is 5.32 Å². The molecule has 1 aliphatic rings. The van der Waals surface area contributed by atoms with Crippen molar-refractivity contribution in [3.63, 3.8) is 0 Å². The van der Waals surface area contributed by atoms with E-state index < -0.39 is 17.7 Å². The van der Waals surface area contributed by atoms with Gasteiger partial charge in [0, 0.05) is 19.9 Å². The fraction of sp³-hybridized carbons (Fsp3) is 0.333. The number of amides is 3. The summed E-state index contributed by atoms with van der Waals surface area (Å²) < 4.78 is 4.78. The number of methoxy groups -OCH3 is 1. The maximum absolute atomic E-state index is 11.9. The van der Waals surface area contributed by atoms with Gasteiger partial charge < -0.3 is 10.1 Å². The Balaban J connectivity index is 2.02. The molecule has 0 radical (unpaired) electrons.